The highest BCUT2D eigenvalue weighted by Crippen LogP contribution is 2.18. The van der Waals surface area contributed by atoms with Gasteiger partial charge in [0.1, 0.15) is 5.69 Å². The Morgan fingerprint density at radius 1 is 1.19 bits per heavy atom. The van der Waals surface area contributed by atoms with Crippen molar-refractivity contribution in [3.8, 4) is 6.07 Å². The molecular formula is C16H16N4O. The first-order valence-electron chi connectivity index (χ1n) is 7.02. The summed E-state index contributed by atoms with van der Waals surface area (Å²) in [6.45, 7) is 3.19. The number of nitriles is 1. The van der Waals surface area contributed by atoms with Crippen LogP contribution < -0.4 is 0 Å². The second-order valence-electron chi connectivity index (χ2n) is 5.11. The van der Waals surface area contributed by atoms with Crippen LogP contribution in [0.2, 0.25) is 0 Å². The maximum Gasteiger partial charge on any atom is 0.273 e. The van der Waals surface area contributed by atoms with Gasteiger partial charge in [-0.05, 0) is 11.5 Å². The van der Waals surface area contributed by atoms with Crippen molar-refractivity contribution in [3.05, 3.63) is 42.2 Å². The Balaban J connectivity index is 1.81. The molecule has 1 saturated heterocycles. The van der Waals surface area contributed by atoms with Gasteiger partial charge in [0.25, 0.3) is 5.91 Å². The maximum absolute atomic E-state index is 12.7. The van der Waals surface area contributed by atoms with E-state index in [1.54, 1.807) is 6.20 Å². The van der Waals surface area contributed by atoms with Crippen LogP contribution in [0.4, 0.5) is 0 Å². The Kier molecular flexibility index (Phi) is 3.80. The second kappa shape index (κ2) is 5.90. The molecule has 1 aliphatic heterocycles. The normalized spacial score (nSPS) is 15.9. The van der Waals surface area contributed by atoms with E-state index < -0.39 is 0 Å². The van der Waals surface area contributed by atoms with Crippen LogP contribution in [0.5, 0.6) is 0 Å². The highest BCUT2D eigenvalue weighted by molar-refractivity contribution is 6.05. The third-order valence-corrected chi connectivity index (χ3v) is 3.83. The molecule has 1 fully saturated rings. The number of aromatic nitrogens is 1. The highest BCUT2D eigenvalue weighted by atomic mass is 16.2. The second-order valence-corrected chi connectivity index (χ2v) is 5.11. The van der Waals surface area contributed by atoms with E-state index >= 15 is 0 Å². The quantitative estimate of drug-likeness (QED) is 0.782. The smallest absolute Gasteiger partial charge is 0.273 e. The standard InChI is InChI=1S/C16H16N4O/c17-6-8-19-9-11-20(12-10-19)16(21)15-14-4-2-1-3-13(14)5-7-18-15/h1-5,7H,8-12H2. The Morgan fingerprint density at radius 3 is 2.71 bits per heavy atom. The fraction of sp³-hybridized carbons (Fsp3) is 0.312. The number of carbonyl (C=O) groups is 1. The molecular weight excluding hydrogens is 264 g/mol. The number of hydrogen-bond acceptors (Lipinski definition) is 4. The third-order valence-electron chi connectivity index (χ3n) is 3.83. The minimum Gasteiger partial charge on any atom is -0.335 e. The van der Waals surface area contributed by atoms with Gasteiger partial charge < -0.3 is 4.90 Å². The first kappa shape index (κ1) is 13.5. The molecule has 1 aromatic heterocycles. The molecule has 1 amide bonds. The number of carbonyl (C=O) groups excluding carboxylic acids is 1. The molecule has 1 aliphatic rings. The van der Waals surface area contributed by atoms with Gasteiger partial charge in [0.15, 0.2) is 0 Å². The Hall–Kier alpha value is -2.45. The summed E-state index contributed by atoms with van der Waals surface area (Å²) in [5.74, 6) is -0.0246. The number of rotatable bonds is 2. The van der Waals surface area contributed by atoms with E-state index in [9.17, 15) is 4.79 Å². The zero-order chi connectivity index (χ0) is 14.7. The molecule has 0 atom stereocenters. The van der Waals surface area contributed by atoms with Gasteiger partial charge in [-0.2, -0.15) is 5.26 Å². The fourth-order valence-corrected chi connectivity index (χ4v) is 2.65. The zero-order valence-corrected chi connectivity index (χ0v) is 11.7. The first-order chi connectivity index (χ1) is 10.3. The number of piperazine rings is 1. The molecule has 2 aromatic rings. The molecule has 0 N–H and O–H groups in total. The average Bonchev–Trinajstić information content (AvgIpc) is 2.55. The predicted octanol–water partition coefficient (Wildman–Crippen LogP) is 1.52. The first-order valence-corrected chi connectivity index (χ1v) is 7.02. The SMILES string of the molecule is N#CCN1CCN(C(=O)c2nccc3ccccc23)CC1. The van der Waals surface area contributed by atoms with Crippen LogP contribution in [-0.2, 0) is 0 Å². The molecule has 3 rings (SSSR count). The molecule has 0 radical (unpaired) electrons. The average molecular weight is 280 g/mol. The summed E-state index contributed by atoms with van der Waals surface area (Å²) in [6, 6.07) is 11.9. The predicted molar refractivity (Wildman–Crippen MR) is 79.7 cm³/mol. The molecule has 0 spiro atoms. The summed E-state index contributed by atoms with van der Waals surface area (Å²) in [6.07, 6.45) is 1.68. The molecule has 0 unspecified atom stereocenters. The molecule has 106 valence electrons. The van der Waals surface area contributed by atoms with Crippen molar-refractivity contribution in [2.24, 2.45) is 0 Å². The van der Waals surface area contributed by atoms with Crippen molar-refractivity contribution in [1.29, 1.82) is 5.26 Å². The molecule has 1 aromatic carbocycles. The van der Waals surface area contributed by atoms with Crippen LogP contribution in [0.3, 0.4) is 0 Å². The Labute approximate surface area is 123 Å². The lowest BCUT2D eigenvalue weighted by molar-refractivity contribution is 0.0648. The lowest BCUT2D eigenvalue weighted by atomic mass is 10.1. The highest BCUT2D eigenvalue weighted by Gasteiger charge is 2.23. The van der Waals surface area contributed by atoms with Crippen LogP contribution in [0.1, 0.15) is 10.5 Å². The van der Waals surface area contributed by atoms with Crippen molar-refractivity contribution >= 4 is 16.7 Å². The largest absolute Gasteiger partial charge is 0.335 e. The summed E-state index contributed by atoms with van der Waals surface area (Å²) in [5.41, 5.74) is 0.516. The molecule has 5 nitrogen and oxygen atoms in total. The zero-order valence-electron chi connectivity index (χ0n) is 11.7. The van der Waals surface area contributed by atoms with Crippen molar-refractivity contribution in [2.75, 3.05) is 32.7 Å². The van der Waals surface area contributed by atoms with E-state index in [-0.39, 0.29) is 5.91 Å². The molecule has 2 heterocycles. The summed E-state index contributed by atoms with van der Waals surface area (Å²) >= 11 is 0. The van der Waals surface area contributed by atoms with E-state index in [1.807, 2.05) is 35.2 Å². The molecule has 0 bridgehead atoms. The number of pyridine rings is 1. The van der Waals surface area contributed by atoms with Gasteiger partial charge in [0.2, 0.25) is 0 Å². The van der Waals surface area contributed by atoms with E-state index in [2.05, 4.69) is 16.0 Å². The number of benzene rings is 1. The topological polar surface area (TPSA) is 60.2 Å². The van der Waals surface area contributed by atoms with Gasteiger partial charge in [0.05, 0.1) is 12.6 Å². The Morgan fingerprint density at radius 2 is 1.95 bits per heavy atom. The van der Waals surface area contributed by atoms with E-state index in [0.29, 0.717) is 25.3 Å². The summed E-state index contributed by atoms with van der Waals surface area (Å²) in [7, 11) is 0. The molecule has 5 heteroatoms. The number of nitrogens with zero attached hydrogens (tertiary/aromatic N) is 4. The minimum atomic E-state index is -0.0246. The van der Waals surface area contributed by atoms with Crippen LogP contribution in [0.25, 0.3) is 10.8 Å². The van der Waals surface area contributed by atoms with Gasteiger partial charge in [-0.15, -0.1) is 0 Å². The molecule has 21 heavy (non-hydrogen) atoms. The van der Waals surface area contributed by atoms with Gasteiger partial charge in [-0.3, -0.25) is 14.7 Å². The van der Waals surface area contributed by atoms with Gasteiger partial charge in [0, 0.05) is 37.8 Å². The van der Waals surface area contributed by atoms with E-state index in [4.69, 9.17) is 5.26 Å². The number of hydrogen-bond donors (Lipinski definition) is 0. The maximum atomic E-state index is 12.7. The number of amides is 1. The van der Waals surface area contributed by atoms with Crippen LogP contribution >= 0.6 is 0 Å². The lowest BCUT2D eigenvalue weighted by Crippen LogP contribution is -2.48. The van der Waals surface area contributed by atoms with E-state index in [0.717, 1.165) is 23.9 Å². The van der Waals surface area contributed by atoms with E-state index in [1.165, 1.54) is 0 Å². The monoisotopic (exact) mass is 280 g/mol. The Bertz CT molecular complexity index is 693. The van der Waals surface area contributed by atoms with Gasteiger partial charge in [-0.25, -0.2) is 0 Å². The van der Waals surface area contributed by atoms with Gasteiger partial charge >= 0.3 is 0 Å². The van der Waals surface area contributed by atoms with Crippen molar-refractivity contribution < 1.29 is 4.79 Å². The van der Waals surface area contributed by atoms with Crippen molar-refractivity contribution in [2.45, 2.75) is 0 Å². The van der Waals surface area contributed by atoms with Crippen LogP contribution in [0.15, 0.2) is 36.5 Å². The number of fused-ring (bicyclic) bond motifs is 1. The van der Waals surface area contributed by atoms with Crippen molar-refractivity contribution in [1.82, 2.24) is 14.8 Å². The van der Waals surface area contributed by atoms with Crippen LogP contribution in [-0.4, -0.2) is 53.4 Å². The summed E-state index contributed by atoms with van der Waals surface area (Å²) in [4.78, 5) is 20.8. The van der Waals surface area contributed by atoms with Gasteiger partial charge in [-0.1, -0.05) is 24.3 Å². The van der Waals surface area contributed by atoms with Crippen LogP contribution in [0, 0.1) is 11.3 Å². The summed E-state index contributed by atoms with van der Waals surface area (Å²) in [5, 5.41) is 10.6. The third kappa shape index (κ3) is 2.71. The fourth-order valence-electron chi connectivity index (χ4n) is 2.65. The lowest BCUT2D eigenvalue weighted by Gasteiger charge is -2.33. The molecule has 0 saturated carbocycles. The summed E-state index contributed by atoms with van der Waals surface area (Å²) < 4.78 is 0. The molecule has 0 aliphatic carbocycles. The minimum absolute atomic E-state index is 0.0246. The van der Waals surface area contributed by atoms with Crippen molar-refractivity contribution in [3.63, 3.8) is 0 Å².